The number of hydrogen-bond acceptors (Lipinski definition) is 8. The van der Waals surface area contributed by atoms with Crippen LogP contribution in [0.3, 0.4) is 0 Å². The van der Waals surface area contributed by atoms with Crippen molar-refractivity contribution < 1.29 is 14.1 Å². The summed E-state index contributed by atoms with van der Waals surface area (Å²) in [6.07, 6.45) is 0.0444. The van der Waals surface area contributed by atoms with Gasteiger partial charge in [0.2, 0.25) is 5.91 Å². The van der Waals surface area contributed by atoms with Crippen molar-refractivity contribution in [1.29, 1.82) is 0 Å². The molecule has 0 saturated carbocycles. The lowest BCUT2D eigenvalue weighted by molar-refractivity contribution is -0.402. The fourth-order valence-corrected chi connectivity index (χ4v) is 1.99. The van der Waals surface area contributed by atoms with Crippen LogP contribution >= 0.6 is 11.3 Å². The zero-order valence-electron chi connectivity index (χ0n) is 10.9. The molecular formula is C11H11N5O4S. The molecule has 21 heavy (non-hydrogen) atoms. The lowest BCUT2D eigenvalue weighted by Crippen LogP contribution is -2.21. The van der Waals surface area contributed by atoms with E-state index in [0.29, 0.717) is 16.5 Å². The van der Waals surface area contributed by atoms with E-state index in [9.17, 15) is 14.9 Å². The number of aromatic nitrogens is 1. The summed E-state index contributed by atoms with van der Waals surface area (Å²) in [4.78, 5) is 25.4. The van der Waals surface area contributed by atoms with Gasteiger partial charge in [0.25, 0.3) is 0 Å². The molecule has 0 aliphatic carbocycles. The van der Waals surface area contributed by atoms with Gasteiger partial charge >= 0.3 is 5.88 Å². The quantitative estimate of drug-likeness (QED) is 0.485. The van der Waals surface area contributed by atoms with E-state index in [4.69, 9.17) is 10.2 Å². The topological polar surface area (TPSA) is 137 Å². The Morgan fingerprint density at radius 1 is 1.62 bits per heavy atom. The standard InChI is InChI=1S/C11H11N5O4S/c1-6(8-2-3-10(20-8)16(18)19)14-15-9(17)4-7-5-21-11(12)13-7/h2-3,5H,4H2,1H3,(H2,12,13)(H,15,17)/b14-6+. The largest absolute Gasteiger partial charge is 0.433 e. The highest BCUT2D eigenvalue weighted by Gasteiger charge is 2.14. The number of nitrogens with zero attached hydrogens (tertiary/aromatic N) is 3. The Balaban J connectivity index is 1.95. The molecule has 2 heterocycles. The first-order valence-electron chi connectivity index (χ1n) is 5.73. The van der Waals surface area contributed by atoms with Crippen molar-refractivity contribution in [2.45, 2.75) is 13.3 Å². The third kappa shape index (κ3) is 3.86. The van der Waals surface area contributed by atoms with Crippen molar-refractivity contribution in [3.8, 4) is 0 Å². The van der Waals surface area contributed by atoms with Gasteiger partial charge < -0.3 is 10.2 Å². The number of carbonyl (C=O) groups is 1. The predicted molar refractivity (Wildman–Crippen MR) is 75.9 cm³/mol. The van der Waals surface area contributed by atoms with Gasteiger partial charge in [0.05, 0.1) is 18.2 Å². The first-order valence-corrected chi connectivity index (χ1v) is 6.61. The van der Waals surface area contributed by atoms with Crippen LogP contribution in [-0.2, 0) is 11.2 Å². The van der Waals surface area contributed by atoms with Gasteiger partial charge in [0.1, 0.15) is 10.6 Å². The molecule has 2 aromatic rings. The third-order valence-corrected chi connectivity index (χ3v) is 3.11. The number of amides is 1. The minimum absolute atomic E-state index is 0.0444. The number of rotatable bonds is 5. The Kier molecular flexibility index (Phi) is 4.28. The van der Waals surface area contributed by atoms with Gasteiger partial charge in [-0.3, -0.25) is 14.9 Å². The van der Waals surface area contributed by atoms with E-state index in [1.807, 2.05) is 0 Å². The Morgan fingerprint density at radius 2 is 2.38 bits per heavy atom. The van der Waals surface area contributed by atoms with Gasteiger partial charge in [0.15, 0.2) is 10.9 Å². The summed E-state index contributed by atoms with van der Waals surface area (Å²) in [6.45, 7) is 1.56. The van der Waals surface area contributed by atoms with Crippen LogP contribution in [0, 0.1) is 10.1 Å². The van der Waals surface area contributed by atoms with Crippen molar-refractivity contribution in [2.75, 3.05) is 5.73 Å². The molecule has 0 saturated heterocycles. The van der Waals surface area contributed by atoms with Gasteiger partial charge in [-0.15, -0.1) is 11.3 Å². The molecular weight excluding hydrogens is 298 g/mol. The first kappa shape index (κ1) is 14.7. The Labute approximate surface area is 122 Å². The number of furan rings is 1. The number of anilines is 1. The van der Waals surface area contributed by atoms with E-state index in [2.05, 4.69) is 15.5 Å². The fraction of sp³-hybridized carbons (Fsp3) is 0.182. The van der Waals surface area contributed by atoms with E-state index in [0.717, 1.165) is 0 Å². The van der Waals surface area contributed by atoms with Gasteiger partial charge in [-0.25, -0.2) is 10.4 Å². The molecule has 2 aromatic heterocycles. The van der Waals surface area contributed by atoms with Gasteiger partial charge in [0, 0.05) is 5.38 Å². The minimum atomic E-state index is -0.651. The molecule has 2 rings (SSSR count). The van der Waals surface area contributed by atoms with Crippen molar-refractivity contribution in [3.05, 3.63) is 39.1 Å². The highest BCUT2D eigenvalue weighted by Crippen LogP contribution is 2.16. The summed E-state index contributed by atoms with van der Waals surface area (Å²) < 4.78 is 4.95. The average Bonchev–Trinajstić information content (AvgIpc) is 3.05. The van der Waals surface area contributed by atoms with Crippen molar-refractivity contribution >= 4 is 34.0 Å². The molecule has 0 aromatic carbocycles. The Hall–Kier alpha value is -2.75. The van der Waals surface area contributed by atoms with Crippen LogP contribution in [0.25, 0.3) is 0 Å². The molecule has 0 aliphatic rings. The molecule has 0 spiro atoms. The lowest BCUT2D eigenvalue weighted by atomic mass is 10.3. The molecule has 1 amide bonds. The minimum Gasteiger partial charge on any atom is -0.399 e. The lowest BCUT2D eigenvalue weighted by Gasteiger charge is -1.99. The van der Waals surface area contributed by atoms with E-state index < -0.39 is 4.92 Å². The van der Waals surface area contributed by atoms with Crippen molar-refractivity contribution in [2.24, 2.45) is 5.10 Å². The monoisotopic (exact) mass is 309 g/mol. The highest BCUT2D eigenvalue weighted by molar-refractivity contribution is 7.13. The second-order valence-electron chi connectivity index (χ2n) is 3.98. The van der Waals surface area contributed by atoms with Crippen molar-refractivity contribution in [3.63, 3.8) is 0 Å². The molecule has 110 valence electrons. The van der Waals surface area contributed by atoms with E-state index in [1.165, 1.54) is 23.5 Å². The maximum Gasteiger partial charge on any atom is 0.433 e. The van der Waals surface area contributed by atoms with Crippen LogP contribution in [0.5, 0.6) is 0 Å². The second-order valence-corrected chi connectivity index (χ2v) is 4.87. The zero-order chi connectivity index (χ0) is 15.4. The van der Waals surface area contributed by atoms with Crippen molar-refractivity contribution in [1.82, 2.24) is 10.4 Å². The van der Waals surface area contributed by atoms with E-state index in [-0.39, 0.29) is 24.0 Å². The molecule has 0 fully saturated rings. The number of carbonyl (C=O) groups excluding carboxylic acids is 1. The molecule has 0 bridgehead atoms. The molecule has 0 unspecified atom stereocenters. The summed E-state index contributed by atoms with van der Waals surface area (Å²) in [5.74, 6) is -0.551. The molecule has 0 aliphatic heterocycles. The summed E-state index contributed by atoms with van der Waals surface area (Å²) in [7, 11) is 0. The summed E-state index contributed by atoms with van der Waals surface area (Å²) in [6, 6.07) is 2.62. The number of nitrogens with two attached hydrogens (primary N) is 1. The first-order chi connectivity index (χ1) is 9.95. The van der Waals surface area contributed by atoms with E-state index >= 15 is 0 Å². The second kappa shape index (κ2) is 6.13. The Bertz CT molecular complexity index is 705. The van der Waals surface area contributed by atoms with Crippen LogP contribution < -0.4 is 11.2 Å². The zero-order valence-corrected chi connectivity index (χ0v) is 11.7. The molecule has 9 nitrogen and oxygen atoms in total. The maximum absolute atomic E-state index is 11.6. The normalized spacial score (nSPS) is 11.4. The Morgan fingerprint density at radius 3 is 2.95 bits per heavy atom. The van der Waals surface area contributed by atoms with Crippen LogP contribution in [0.4, 0.5) is 11.0 Å². The summed E-state index contributed by atoms with van der Waals surface area (Å²) in [5, 5.41) is 16.4. The highest BCUT2D eigenvalue weighted by atomic mass is 32.1. The van der Waals surface area contributed by atoms with Crippen LogP contribution in [0.1, 0.15) is 18.4 Å². The number of hydrogen-bond donors (Lipinski definition) is 2. The van der Waals surface area contributed by atoms with Crippen LogP contribution in [0.2, 0.25) is 0 Å². The number of nitrogens with one attached hydrogen (secondary N) is 1. The maximum atomic E-state index is 11.6. The number of hydrazone groups is 1. The van der Waals surface area contributed by atoms with Gasteiger partial charge in [-0.05, 0) is 13.0 Å². The average molecular weight is 309 g/mol. The fourth-order valence-electron chi connectivity index (χ4n) is 1.43. The number of nitro groups is 1. The molecule has 0 atom stereocenters. The third-order valence-electron chi connectivity index (χ3n) is 2.39. The van der Waals surface area contributed by atoms with E-state index in [1.54, 1.807) is 12.3 Å². The summed E-state index contributed by atoms with van der Waals surface area (Å²) in [5.41, 5.74) is 8.65. The molecule has 10 heteroatoms. The van der Waals surface area contributed by atoms with Crippen LogP contribution in [-0.4, -0.2) is 21.5 Å². The van der Waals surface area contributed by atoms with Gasteiger partial charge in [-0.2, -0.15) is 5.10 Å². The SMILES string of the molecule is C/C(=N\NC(=O)Cc1csc(N)n1)c1ccc([N+](=O)[O-])o1. The van der Waals surface area contributed by atoms with Crippen LogP contribution in [0.15, 0.2) is 27.0 Å². The summed E-state index contributed by atoms with van der Waals surface area (Å²) >= 11 is 1.25. The predicted octanol–water partition coefficient (Wildman–Crippen LogP) is 1.31. The smallest absolute Gasteiger partial charge is 0.399 e. The number of nitrogen functional groups attached to an aromatic ring is 1. The number of thiazole rings is 1. The van der Waals surface area contributed by atoms with Gasteiger partial charge in [-0.1, -0.05) is 0 Å². The molecule has 3 N–H and O–H groups in total. The molecule has 0 radical (unpaired) electrons.